The first-order valence-electron chi connectivity index (χ1n) is 9.80. The van der Waals surface area contributed by atoms with Crippen molar-refractivity contribution < 1.29 is 0 Å². The summed E-state index contributed by atoms with van der Waals surface area (Å²) in [5.41, 5.74) is 2.42. The minimum absolute atomic E-state index is 0.0949. The van der Waals surface area contributed by atoms with Crippen LogP contribution >= 0.6 is 12.2 Å². The van der Waals surface area contributed by atoms with Gasteiger partial charge in [-0.2, -0.15) is 0 Å². The second-order valence-electron chi connectivity index (χ2n) is 7.95. The standard InChI is InChI=1S/C21H28N4S/c1-15(2)14-25-20(18-11-7-13-24(18)16-8-3-4-9-16)19(23-21(25)26)17-10-5-6-12-22-17/h5-7,10-13,15-16,19-20H,3-4,8-9,14H2,1-2H3,(H,23,26)/t19-,20-/m1/s1. The maximum atomic E-state index is 5.74. The fraction of sp³-hybridized carbons (Fsp3) is 0.524. The number of hydrogen-bond donors (Lipinski definition) is 1. The second kappa shape index (κ2) is 7.39. The summed E-state index contributed by atoms with van der Waals surface area (Å²) in [5.74, 6) is 0.551. The van der Waals surface area contributed by atoms with Gasteiger partial charge in [0.25, 0.3) is 0 Å². The number of rotatable bonds is 5. The van der Waals surface area contributed by atoms with Gasteiger partial charge in [-0.25, -0.2) is 0 Å². The molecule has 138 valence electrons. The molecule has 0 amide bonds. The van der Waals surface area contributed by atoms with Crippen LogP contribution in [-0.4, -0.2) is 26.1 Å². The van der Waals surface area contributed by atoms with E-state index in [9.17, 15) is 0 Å². The predicted octanol–water partition coefficient (Wildman–Crippen LogP) is 4.63. The fourth-order valence-corrected chi connectivity index (χ4v) is 4.80. The van der Waals surface area contributed by atoms with Crippen LogP contribution in [0.15, 0.2) is 42.7 Å². The molecule has 2 aromatic heterocycles. The van der Waals surface area contributed by atoms with E-state index in [4.69, 9.17) is 12.2 Å². The minimum Gasteiger partial charge on any atom is -0.352 e. The topological polar surface area (TPSA) is 33.1 Å². The van der Waals surface area contributed by atoms with E-state index in [1.165, 1.54) is 31.4 Å². The van der Waals surface area contributed by atoms with Crippen LogP contribution in [0, 0.1) is 5.92 Å². The zero-order chi connectivity index (χ0) is 18.1. The minimum atomic E-state index is 0.0949. The van der Waals surface area contributed by atoms with Crippen LogP contribution in [0.2, 0.25) is 0 Å². The van der Waals surface area contributed by atoms with Crippen LogP contribution in [0.25, 0.3) is 0 Å². The van der Waals surface area contributed by atoms with E-state index in [0.29, 0.717) is 12.0 Å². The SMILES string of the molecule is CC(C)CN1C(=S)N[C@H](c2ccccn2)[C@H]1c1cccn1C1CCCC1. The molecule has 4 nitrogen and oxygen atoms in total. The third-order valence-corrected chi connectivity index (χ3v) is 5.94. The zero-order valence-corrected chi connectivity index (χ0v) is 16.5. The first-order chi connectivity index (χ1) is 12.6. The molecule has 0 radical (unpaired) electrons. The van der Waals surface area contributed by atoms with E-state index in [0.717, 1.165) is 17.4 Å². The third kappa shape index (κ3) is 3.25. The van der Waals surface area contributed by atoms with Crippen molar-refractivity contribution >= 4 is 17.3 Å². The van der Waals surface area contributed by atoms with Crippen molar-refractivity contribution in [3.05, 3.63) is 54.1 Å². The van der Waals surface area contributed by atoms with Crippen molar-refractivity contribution in [3.8, 4) is 0 Å². The highest BCUT2D eigenvalue weighted by atomic mass is 32.1. The van der Waals surface area contributed by atoms with Gasteiger partial charge in [-0.1, -0.05) is 32.8 Å². The Bertz CT molecular complexity index is 748. The highest BCUT2D eigenvalue weighted by Crippen LogP contribution is 2.41. The quantitative estimate of drug-likeness (QED) is 0.780. The van der Waals surface area contributed by atoms with E-state index in [1.807, 2.05) is 12.3 Å². The number of aromatic nitrogens is 2. The molecule has 1 aliphatic heterocycles. The first kappa shape index (κ1) is 17.5. The molecule has 1 N–H and O–H groups in total. The third-order valence-electron chi connectivity index (χ3n) is 5.59. The van der Waals surface area contributed by atoms with Gasteiger partial charge in [-0.15, -0.1) is 0 Å². The Hall–Kier alpha value is -1.88. The highest BCUT2D eigenvalue weighted by molar-refractivity contribution is 7.80. The molecule has 1 aliphatic carbocycles. The molecule has 2 fully saturated rings. The Morgan fingerprint density at radius 3 is 2.69 bits per heavy atom. The van der Waals surface area contributed by atoms with Gasteiger partial charge in [-0.05, 0) is 55.2 Å². The van der Waals surface area contributed by atoms with Gasteiger partial charge in [0.05, 0.1) is 17.8 Å². The van der Waals surface area contributed by atoms with Crippen molar-refractivity contribution in [1.82, 2.24) is 19.8 Å². The van der Waals surface area contributed by atoms with Gasteiger partial charge in [0.1, 0.15) is 0 Å². The highest BCUT2D eigenvalue weighted by Gasteiger charge is 2.41. The molecule has 5 heteroatoms. The summed E-state index contributed by atoms with van der Waals surface area (Å²) >= 11 is 5.74. The number of pyridine rings is 1. The normalized spacial score (nSPS) is 23.8. The Balaban J connectivity index is 1.75. The molecule has 1 saturated heterocycles. The lowest BCUT2D eigenvalue weighted by molar-refractivity contribution is 0.271. The van der Waals surface area contributed by atoms with E-state index in [1.54, 1.807) is 0 Å². The fourth-order valence-electron chi connectivity index (χ4n) is 4.49. The zero-order valence-electron chi connectivity index (χ0n) is 15.6. The number of thiocarbonyl (C=S) groups is 1. The van der Waals surface area contributed by atoms with Crippen LogP contribution in [0.1, 0.15) is 69.0 Å². The Morgan fingerprint density at radius 1 is 1.19 bits per heavy atom. The Kier molecular flexibility index (Phi) is 4.98. The summed E-state index contributed by atoms with van der Waals surface area (Å²) in [6, 6.07) is 11.5. The maximum absolute atomic E-state index is 5.74. The molecule has 0 spiro atoms. The van der Waals surface area contributed by atoms with Gasteiger partial charge in [-0.3, -0.25) is 4.98 Å². The summed E-state index contributed by atoms with van der Waals surface area (Å²) in [7, 11) is 0. The van der Waals surface area contributed by atoms with Crippen molar-refractivity contribution in [2.75, 3.05) is 6.54 Å². The molecule has 0 unspecified atom stereocenters. The molecule has 26 heavy (non-hydrogen) atoms. The monoisotopic (exact) mass is 368 g/mol. The van der Waals surface area contributed by atoms with Crippen LogP contribution < -0.4 is 5.32 Å². The molecular weight excluding hydrogens is 340 g/mol. The smallest absolute Gasteiger partial charge is 0.170 e. The van der Waals surface area contributed by atoms with Crippen LogP contribution in [0.5, 0.6) is 0 Å². The van der Waals surface area contributed by atoms with Gasteiger partial charge >= 0.3 is 0 Å². The molecule has 3 heterocycles. The summed E-state index contributed by atoms with van der Waals surface area (Å²) in [5, 5.41) is 4.41. The van der Waals surface area contributed by atoms with Crippen molar-refractivity contribution in [1.29, 1.82) is 0 Å². The number of nitrogens with zero attached hydrogens (tertiary/aromatic N) is 3. The Labute approximate surface area is 161 Å². The summed E-state index contributed by atoms with van der Waals surface area (Å²) in [6.07, 6.45) is 9.37. The van der Waals surface area contributed by atoms with E-state index in [-0.39, 0.29) is 12.1 Å². The molecule has 2 atom stereocenters. The van der Waals surface area contributed by atoms with E-state index < -0.39 is 0 Å². The molecule has 1 saturated carbocycles. The lowest BCUT2D eigenvalue weighted by Gasteiger charge is -2.31. The first-order valence-corrected chi connectivity index (χ1v) is 10.2. The number of nitrogens with one attached hydrogen (secondary N) is 1. The Morgan fingerprint density at radius 2 is 2.00 bits per heavy atom. The molecule has 4 rings (SSSR count). The lowest BCUT2D eigenvalue weighted by Crippen LogP contribution is -2.33. The molecule has 0 bridgehead atoms. The predicted molar refractivity (Wildman–Crippen MR) is 109 cm³/mol. The molecule has 0 aromatic carbocycles. The summed E-state index contributed by atoms with van der Waals surface area (Å²) in [4.78, 5) is 7.01. The van der Waals surface area contributed by atoms with E-state index in [2.05, 4.69) is 64.1 Å². The average molecular weight is 369 g/mol. The lowest BCUT2D eigenvalue weighted by atomic mass is 10.00. The van der Waals surface area contributed by atoms with Crippen molar-refractivity contribution in [2.45, 2.75) is 57.7 Å². The molecular formula is C21H28N4S. The van der Waals surface area contributed by atoms with Crippen molar-refractivity contribution in [2.24, 2.45) is 5.92 Å². The van der Waals surface area contributed by atoms with Gasteiger partial charge < -0.3 is 14.8 Å². The van der Waals surface area contributed by atoms with Gasteiger partial charge in [0.2, 0.25) is 0 Å². The van der Waals surface area contributed by atoms with Gasteiger partial charge in [0, 0.05) is 30.7 Å². The van der Waals surface area contributed by atoms with Crippen molar-refractivity contribution in [3.63, 3.8) is 0 Å². The van der Waals surface area contributed by atoms with Gasteiger partial charge in [0.15, 0.2) is 5.11 Å². The van der Waals surface area contributed by atoms with Crippen LogP contribution in [-0.2, 0) is 0 Å². The summed E-state index contributed by atoms with van der Waals surface area (Å²) < 4.78 is 2.51. The van der Waals surface area contributed by atoms with Crippen LogP contribution in [0.3, 0.4) is 0 Å². The van der Waals surface area contributed by atoms with Crippen LogP contribution in [0.4, 0.5) is 0 Å². The molecule has 2 aromatic rings. The maximum Gasteiger partial charge on any atom is 0.170 e. The van der Waals surface area contributed by atoms with E-state index >= 15 is 0 Å². The second-order valence-corrected chi connectivity index (χ2v) is 8.34. The summed E-state index contributed by atoms with van der Waals surface area (Å²) in [6.45, 7) is 5.46. The number of hydrogen-bond acceptors (Lipinski definition) is 2. The largest absolute Gasteiger partial charge is 0.352 e. The molecule has 2 aliphatic rings. The average Bonchev–Trinajstić information content (AvgIpc) is 3.35.